The Bertz CT molecular complexity index is 933. The van der Waals surface area contributed by atoms with Crippen molar-refractivity contribution in [3.8, 4) is 11.5 Å². The quantitative estimate of drug-likeness (QED) is 0.516. The van der Waals surface area contributed by atoms with Crippen molar-refractivity contribution in [2.45, 2.75) is 32.3 Å². The highest BCUT2D eigenvalue weighted by molar-refractivity contribution is 5.96. The van der Waals surface area contributed by atoms with Crippen LogP contribution in [0.4, 0.5) is 11.4 Å². The molecule has 0 saturated carbocycles. The number of anilines is 2. The van der Waals surface area contributed by atoms with E-state index in [2.05, 4.69) is 10.2 Å². The lowest BCUT2D eigenvalue weighted by molar-refractivity contribution is -0.148. The van der Waals surface area contributed by atoms with E-state index in [1.165, 1.54) is 51.5 Å². The van der Waals surface area contributed by atoms with E-state index in [-0.39, 0.29) is 5.75 Å². The van der Waals surface area contributed by atoms with Crippen LogP contribution in [0.1, 0.15) is 31.7 Å². The molecular formula is C24H28N2O5. The third-order valence-corrected chi connectivity index (χ3v) is 5.13. The number of hydrogen-bond donors (Lipinski definition) is 2. The van der Waals surface area contributed by atoms with Crippen LogP contribution in [0.3, 0.4) is 0 Å². The van der Waals surface area contributed by atoms with Gasteiger partial charge in [-0.2, -0.15) is 0 Å². The van der Waals surface area contributed by atoms with E-state index in [0.717, 1.165) is 18.8 Å². The van der Waals surface area contributed by atoms with Crippen molar-refractivity contribution in [1.82, 2.24) is 0 Å². The number of amides is 1. The number of hydrogen-bond acceptors (Lipinski definition) is 6. The van der Waals surface area contributed by atoms with Crippen molar-refractivity contribution in [3.63, 3.8) is 0 Å². The van der Waals surface area contributed by atoms with Crippen LogP contribution in [0.5, 0.6) is 11.5 Å². The first-order chi connectivity index (χ1) is 15.0. The van der Waals surface area contributed by atoms with Crippen LogP contribution >= 0.6 is 0 Å². The van der Waals surface area contributed by atoms with Gasteiger partial charge in [0, 0.05) is 30.5 Å². The molecule has 0 spiro atoms. The minimum Gasteiger partial charge on any atom is -0.504 e. The number of carbonyl (C=O) groups excluding carboxylic acids is 2. The van der Waals surface area contributed by atoms with Gasteiger partial charge in [0.1, 0.15) is 0 Å². The molecule has 1 amide bonds. The second-order valence-corrected chi connectivity index (χ2v) is 7.43. The molecule has 1 heterocycles. The van der Waals surface area contributed by atoms with E-state index >= 15 is 0 Å². The molecule has 0 aromatic heterocycles. The maximum atomic E-state index is 12.4. The van der Waals surface area contributed by atoms with Crippen molar-refractivity contribution in [2.24, 2.45) is 0 Å². The Morgan fingerprint density at radius 1 is 1.10 bits per heavy atom. The fraction of sp³-hybridized carbons (Fsp3) is 0.333. The third-order valence-electron chi connectivity index (χ3n) is 5.13. The van der Waals surface area contributed by atoms with Gasteiger partial charge in [-0.15, -0.1) is 0 Å². The van der Waals surface area contributed by atoms with E-state index in [0.29, 0.717) is 17.0 Å². The summed E-state index contributed by atoms with van der Waals surface area (Å²) in [5.41, 5.74) is 2.45. The predicted octanol–water partition coefficient (Wildman–Crippen LogP) is 3.97. The van der Waals surface area contributed by atoms with Crippen molar-refractivity contribution in [3.05, 3.63) is 54.1 Å². The minimum atomic E-state index is -0.951. The summed E-state index contributed by atoms with van der Waals surface area (Å²) in [7, 11) is 1.44. The van der Waals surface area contributed by atoms with Crippen LogP contribution in [0.25, 0.3) is 6.08 Å². The highest BCUT2D eigenvalue weighted by atomic mass is 16.5. The van der Waals surface area contributed by atoms with Crippen molar-refractivity contribution < 1.29 is 24.2 Å². The summed E-state index contributed by atoms with van der Waals surface area (Å²) in [6.45, 7) is 3.64. The Balaban J connectivity index is 1.51. The van der Waals surface area contributed by atoms with Gasteiger partial charge < -0.3 is 24.8 Å². The van der Waals surface area contributed by atoms with Gasteiger partial charge in [-0.3, -0.25) is 4.79 Å². The van der Waals surface area contributed by atoms with E-state index in [9.17, 15) is 14.7 Å². The number of benzene rings is 2. The van der Waals surface area contributed by atoms with Gasteiger partial charge in [0.2, 0.25) is 0 Å². The molecule has 7 nitrogen and oxygen atoms in total. The van der Waals surface area contributed by atoms with Crippen LogP contribution < -0.4 is 15.0 Å². The lowest BCUT2D eigenvalue weighted by Gasteiger charge is -2.28. The summed E-state index contributed by atoms with van der Waals surface area (Å²) in [5.74, 6) is -0.736. The van der Waals surface area contributed by atoms with E-state index in [4.69, 9.17) is 9.47 Å². The van der Waals surface area contributed by atoms with Gasteiger partial charge >= 0.3 is 5.97 Å². The second-order valence-electron chi connectivity index (χ2n) is 7.43. The van der Waals surface area contributed by atoms with Crippen LogP contribution in [-0.4, -0.2) is 43.3 Å². The number of piperidine rings is 1. The molecule has 2 aromatic carbocycles. The number of nitrogens with zero attached hydrogens (tertiary/aromatic N) is 1. The Morgan fingerprint density at radius 2 is 1.81 bits per heavy atom. The maximum absolute atomic E-state index is 12.4. The standard InChI is InChI=1S/C24H28N2O5/c1-17(31-23(28)13-7-18-6-12-21(27)22(16-18)30-2)24(29)25-19-8-10-20(11-9-19)26-14-4-3-5-15-26/h6-13,16-17,27H,3-5,14-15H2,1-2H3,(H,25,29)/b13-7+/t17-/m1/s1. The van der Waals surface area contributed by atoms with Gasteiger partial charge in [-0.1, -0.05) is 6.07 Å². The molecule has 0 unspecified atom stereocenters. The maximum Gasteiger partial charge on any atom is 0.331 e. The molecule has 0 aliphatic carbocycles. The number of phenols is 1. The van der Waals surface area contributed by atoms with E-state index in [1.807, 2.05) is 24.3 Å². The molecule has 1 aliphatic rings. The summed E-state index contributed by atoms with van der Waals surface area (Å²) in [5, 5.41) is 12.4. The smallest absolute Gasteiger partial charge is 0.331 e. The van der Waals surface area contributed by atoms with Crippen molar-refractivity contribution >= 4 is 29.3 Å². The van der Waals surface area contributed by atoms with Crippen molar-refractivity contribution in [1.29, 1.82) is 0 Å². The molecule has 1 atom stereocenters. The molecule has 1 aliphatic heterocycles. The van der Waals surface area contributed by atoms with Crippen LogP contribution in [-0.2, 0) is 14.3 Å². The van der Waals surface area contributed by atoms with Gasteiger partial charge in [0.05, 0.1) is 7.11 Å². The topological polar surface area (TPSA) is 88.1 Å². The number of carbonyl (C=O) groups is 2. The van der Waals surface area contributed by atoms with Crippen LogP contribution in [0.15, 0.2) is 48.5 Å². The predicted molar refractivity (Wildman–Crippen MR) is 120 cm³/mol. The third kappa shape index (κ3) is 6.25. The summed E-state index contributed by atoms with van der Waals surface area (Å²) >= 11 is 0. The Morgan fingerprint density at radius 3 is 2.48 bits per heavy atom. The zero-order valence-electron chi connectivity index (χ0n) is 17.8. The van der Waals surface area contributed by atoms with Gasteiger partial charge in [0.15, 0.2) is 17.6 Å². The molecule has 2 N–H and O–H groups in total. The number of esters is 1. The molecule has 2 aromatic rings. The number of phenolic OH excluding ortho intramolecular Hbond substituents is 1. The largest absolute Gasteiger partial charge is 0.504 e. The number of ether oxygens (including phenoxy) is 2. The average molecular weight is 424 g/mol. The summed E-state index contributed by atoms with van der Waals surface area (Å²) in [6.07, 6.45) is 5.48. The molecule has 1 fully saturated rings. The highest BCUT2D eigenvalue weighted by Gasteiger charge is 2.17. The summed E-state index contributed by atoms with van der Waals surface area (Å²) in [4.78, 5) is 26.8. The van der Waals surface area contributed by atoms with E-state index in [1.54, 1.807) is 12.1 Å². The van der Waals surface area contributed by atoms with Gasteiger partial charge in [-0.25, -0.2) is 4.79 Å². The molecule has 0 bridgehead atoms. The monoisotopic (exact) mass is 424 g/mol. The normalized spacial score (nSPS) is 14.8. The number of nitrogens with one attached hydrogen (secondary N) is 1. The summed E-state index contributed by atoms with van der Waals surface area (Å²) < 4.78 is 10.2. The zero-order chi connectivity index (χ0) is 22.2. The fourth-order valence-electron chi connectivity index (χ4n) is 3.38. The first-order valence-corrected chi connectivity index (χ1v) is 10.4. The molecule has 3 rings (SSSR count). The lowest BCUT2D eigenvalue weighted by atomic mass is 10.1. The first kappa shape index (κ1) is 22.2. The molecule has 164 valence electrons. The Kier molecular flexibility index (Phi) is 7.54. The second kappa shape index (κ2) is 10.5. The first-order valence-electron chi connectivity index (χ1n) is 10.4. The van der Waals surface area contributed by atoms with Crippen LogP contribution in [0, 0.1) is 0 Å². The minimum absolute atomic E-state index is 0.0106. The fourth-order valence-corrected chi connectivity index (χ4v) is 3.38. The van der Waals surface area contributed by atoms with Crippen molar-refractivity contribution in [2.75, 3.05) is 30.4 Å². The van der Waals surface area contributed by atoms with E-state index < -0.39 is 18.0 Å². The Hall–Kier alpha value is -3.48. The molecule has 1 saturated heterocycles. The zero-order valence-corrected chi connectivity index (χ0v) is 17.8. The average Bonchev–Trinajstić information content (AvgIpc) is 2.79. The number of rotatable bonds is 7. The molecule has 7 heteroatoms. The van der Waals surface area contributed by atoms with Gasteiger partial charge in [0.25, 0.3) is 5.91 Å². The molecular weight excluding hydrogens is 396 g/mol. The van der Waals surface area contributed by atoms with Gasteiger partial charge in [-0.05, 0) is 74.2 Å². The molecule has 0 radical (unpaired) electrons. The SMILES string of the molecule is COc1cc(/C=C/C(=O)O[C@H](C)C(=O)Nc2ccc(N3CCCCC3)cc2)ccc1O. The molecule has 31 heavy (non-hydrogen) atoms. The lowest BCUT2D eigenvalue weighted by Crippen LogP contribution is -2.30. The number of aromatic hydroxyl groups is 1. The highest BCUT2D eigenvalue weighted by Crippen LogP contribution is 2.26. The Labute approximate surface area is 182 Å². The van der Waals surface area contributed by atoms with Crippen LogP contribution in [0.2, 0.25) is 0 Å². The summed E-state index contributed by atoms with van der Waals surface area (Å²) in [6, 6.07) is 12.4. The number of methoxy groups -OCH3 is 1.